The van der Waals surface area contributed by atoms with E-state index in [0.29, 0.717) is 27.2 Å². The molecular weight excluding hydrogens is 581 g/mol. The molecule has 2 amide bonds. The number of carbonyl (C=O) groups is 2. The smallest absolute Gasteiger partial charge is 0.264 e. The topological polar surface area (TPSA) is 86.8 Å². The van der Waals surface area contributed by atoms with Crippen LogP contribution in [0.3, 0.4) is 0 Å². The van der Waals surface area contributed by atoms with Gasteiger partial charge < -0.3 is 10.2 Å². The summed E-state index contributed by atoms with van der Waals surface area (Å²) in [6, 6.07) is 15.1. The van der Waals surface area contributed by atoms with Gasteiger partial charge in [-0.1, -0.05) is 64.6 Å². The second kappa shape index (κ2) is 13.0. The number of rotatable bonds is 10. The zero-order valence-electron chi connectivity index (χ0n) is 22.0. The first kappa shape index (κ1) is 30.8. The number of hydrogen-bond donors (Lipinski definition) is 1. The molecule has 208 valence electrons. The maximum absolute atomic E-state index is 13.9. The molecule has 0 radical (unpaired) electrons. The van der Waals surface area contributed by atoms with Crippen LogP contribution < -0.4 is 9.62 Å². The molecule has 3 aromatic carbocycles. The molecule has 0 aromatic heterocycles. The molecule has 0 spiro atoms. The van der Waals surface area contributed by atoms with Gasteiger partial charge in [0.1, 0.15) is 12.6 Å². The van der Waals surface area contributed by atoms with E-state index in [1.165, 1.54) is 23.1 Å². The number of hydrogen-bond acceptors (Lipinski definition) is 4. The lowest BCUT2D eigenvalue weighted by Crippen LogP contribution is -2.51. The summed E-state index contributed by atoms with van der Waals surface area (Å²) in [5.41, 5.74) is 2.49. The van der Waals surface area contributed by atoms with Gasteiger partial charge in [-0.15, -0.1) is 0 Å². The third-order valence-electron chi connectivity index (χ3n) is 6.19. The molecule has 1 atom stereocenters. The van der Waals surface area contributed by atoms with Crippen LogP contribution in [-0.2, 0) is 26.2 Å². The highest BCUT2D eigenvalue weighted by Crippen LogP contribution is 2.29. The predicted molar refractivity (Wildman–Crippen MR) is 157 cm³/mol. The quantitative estimate of drug-likeness (QED) is 0.305. The number of benzene rings is 3. The predicted octanol–water partition coefficient (Wildman–Crippen LogP) is 6.01. The Kier molecular flexibility index (Phi) is 10.3. The van der Waals surface area contributed by atoms with E-state index in [1.54, 1.807) is 63.2 Å². The van der Waals surface area contributed by atoms with Crippen molar-refractivity contribution >= 4 is 62.3 Å². The van der Waals surface area contributed by atoms with E-state index in [1.807, 2.05) is 6.92 Å². The van der Waals surface area contributed by atoms with E-state index < -0.39 is 28.5 Å². The third-order valence-corrected chi connectivity index (χ3v) is 9.12. The minimum Gasteiger partial charge on any atom is -0.355 e. The van der Waals surface area contributed by atoms with Gasteiger partial charge in [-0.3, -0.25) is 13.9 Å². The SMILES string of the molecule is CCNC(=O)[C@@H](C)N(Cc1ccc(Cl)c(Cl)c1)C(=O)CN(c1ccc(C)c(Cl)c1)S(=O)(=O)c1ccc(C)cc1. The van der Waals surface area contributed by atoms with E-state index >= 15 is 0 Å². The van der Waals surface area contributed by atoms with Gasteiger partial charge in [-0.25, -0.2) is 8.42 Å². The first-order valence-electron chi connectivity index (χ1n) is 12.2. The highest BCUT2D eigenvalue weighted by Gasteiger charge is 2.32. The molecule has 0 fully saturated rings. The summed E-state index contributed by atoms with van der Waals surface area (Å²) in [6.07, 6.45) is 0. The number of aryl methyl sites for hydroxylation is 2. The second-order valence-corrected chi connectivity index (χ2v) is 12.2. The monoisotopic (exact) mass is 609 g/mol. The van der Waals surface area contributed by atoms with E-state index in [4.69, 9.17) is 34.8 Å². The number of amides is 2. The largest absolute Gasteiger partial charge is 0.355 e. The summed E-state index contributed by atoms with van der Waals surface area (Å²) in [5, 5.41) is 3.72. The van der Waals surface area contributed by atoms with Crippen LogP contribution in [0.2, 0.25) is 15.1 Å². The summed E-state index contributed by atoms with van der Waals surface area (Å²) in [5.74, 6) is -0.968. The van der Waals surface area contributed by atoms with Crippen LogP contribution in [0, 0.1) is 13.8 Å². The maximum atomic E-state index is 13.9. The molecule has 0 aliphatic carbocycles. The average Bonchev–Trinajstić information content (AvgIpc) is 2.89. The number of nitrogens with one attached hydrogen (secondary N) is 1. The van der Waals surface area contributed by atoms with Gasteiger partial charge in [-0.05, 0) is 75.2 Å². The molecule has 0 saturated heterocycles. The summed E-state index contributed by atoms with van der Waals surface area (Å²) >= 11 is 18.6. The molecule has 11 heteroatoms. The molecule has 0 aliphatic heterocycles. The van der Waals surface area contributed by atoms with Crippen molar-refractivity contribution in [2.24, 2.45) is 0 Å². The number of anilines is 1. The van der Waals surface area contributed by atoms with Gasteiger partial charge in [0, 0.05) is 18.1 Å². The molecule has 3 aromatic rings. The Balaban J connectivity index is 2.06. The number of carbonyl (C=O) groups excluding carboxylic acids is 2. The molecule has 0 heterocycles. The standard InChI is InChI=1S/C28H30Cl3N3O4S/c1-5-32-28(36)20(4)33(16-21-9-13-24(29)26(31)14-21)27(35)17-34(22-10-8-19(3)25(30)15-22)39(37,38)23-11-6-18(2)7-12-23/h6-15,20H,5,16-17H2,1-4H3,(H,32,36)/t20-/m1/s1. The third kappa shape index (κ3) is 7.45. The van der Waals surface area contributed by atoms with E-state index in [9.17, 15) is 18.0 Å². The minimum atomic E-state index is -4.18. The average molecular weight is 611 g/mol. The van der Waals surface area contributed by atoms with Gasteiger partial charge in [0.2, 0.25) is 11.8 Å². The Morgan fingerprint density at radius 1 is 0.897 bits per heavy atom. The van der Waals surface area contributed by atoms with Crippen LogP contribution in [0.4, 0.5) is 5.69 Å². The highest BCUT2D eigenvalue weighted by atomic mass is 35.5. The summed E-state index contributed by atoms with van der Waals surface area (Å²) in [6.45, 7) is 6.80. The van der Waals surface area contributed by atoms with Gasteiger partial charge in [0.05, 0.1) is 20.6 Å². The van der Waals surface area contributed by atoms with E-state index in [0.717, 1.165) is 15.4 Å². The van der Waals surface area contributed by atoms with Gasteiger partial charge in [-0.2, -0.15) is 0 Å². The van der Waals surface area contributed by atoms with Gasteiger partial charge >= 0.3 is 0 Å². The summed E-state index contributed by atoms with van der Waals surface area (Å²) < 4.78 is 28.7. The molecule has 1 N–H and O–H groups in total. The van der Waals surface area contributed by atoms with Crippen LogP contribution in [-0.4, -0.2) is 44.3 Å². The number of sulfonamides is 1. The van der Waals surface area contributed by atoms with Crippen molar-refractivity contribution in [2.75, 3.05) is 17.4 Å². The number of halogens is 3. The fourth-order valence-corrected chi connectivity index (χ4v) is 5.74. The van der Waals surface area contributed by atoms with Crippen molar-refractivity contribution in [1.29, 1.82) is 0 Å². The van der Waals surface area contributed by atoms with Crippen molar-refractivity contribution < 1.29 is 18.0 Å². The lowest BCUT2D eigenvalue weighted by Gasteiger charge is -2.32. The minimum absolute atomic E-state index is 0.00109. The fraction of sp³-hybridized carbons (Fsp3) is 0.286. The molecule has 39 heavy (non-hydrogen) atoms. The van der Waals surface area contributed by atoms with Crippen LogP contribution in [0.5, 0.6) is 0 Å². The van der Waals surface area contributed by atoms with Gasteiger partial charge in [0.25, 0.3) is 10.0 Å². The number of nitrogens with zero attached hydrogens (tertiary/aromatic N) is 2. The Labute approximate surface area is 244 Å². The zero-order chi connectivity index (χ0) is 28.9. The Morgan fingerprint density at radius 2 is 1.56 bits per heavy atom. The first-order valence-corrected chi connectivity index (χ1v) is 14.8. The van der Waals surface area contributed by atoms with Crippen molar-refractivity contribution in [2.45, 2.75) is 45.2 Å². The molecular formula is C28H30Cl3N3O4S. The highest BCUT2D eigenvalue weighted by molar-refractivity contribution is 7.92. The molecule has 0 saturated carbocycles. The molecule has 0 unspecified atom stereocenters. The summed E-state index contributed by atoms with van der Waals surface area (Å²) in [7, 11) is -4.18. The Hall–Kier alpha value is -2.78. The molecule has 7 nitrogen and oxygen atoms in total. The maximum Gasteiger partial charge on any atom is 0.264 e. The van der Waals surface area contributed by atoms with Crippen LogP contribution in [0.1, 0.15) is 30.5 Å². The normalized spacial score (nSPS) is 12.1. The van der Waals surface area contributed by atoms with Crippen LogP contribution >= 0.6 is 34.8 Å². The lowest BCUT2D eigenvalue weighted by molar-refractivity contribution is -0.139. The Bertz CT molecular complexity index is 1460. The van der Waals surface area contributed by atoms with Crippen molar-refractivity contribution in [3.8, 4) is 0 Å². The molecule has 3 rings (SSSR count). The van der Waals surface area contributed by atoms with Gasteiger partial charge in [0.15, 0.2) is 0 Å². The first-order chi connectivity index (χ1) is 18.3. The number of likely N-dealkylation sites (N-methyl/N-ethyl adjacent to an activating group) is 1. The van der Waals surface area contributed by atoms with Crippen molar-refractivity contribution in [3.05, 3.63) is 92.4 Å². The van der Waals surface area contributed by atoms with Crippen LogP contribution in [0.15, 0.2) is 65.6 Å². The van der Waals surface area contributed by atoms with Crippen molar-refractivity contribution in [3.63, 3.8) is 0 Å². The molecule has 0 bridgehead atoms. The molecule has 0 aliphatic rings. The summed E-state index contributed by atoms with van der Waals surface area (Å²) in [4.78, 5) is 28.0. The lowest BCUT2D eigenvalue weighted by atomic mass is 10.1. The van der Waals surface area contributed by atoms with Crippen molar-refractivity contribution in [1.82, 2.24) is 10.2 Å². The Morgan fingerprint density at radius 3 is 2.15 bits per heavy atom. The fourth-order valence-electron chi connectivity index (χ4n) is 3.84. The zero-order valence-corrected chi connectivity index (χ0v) is 25.1. The second-order valence-electron chi connectivity index (χ2n) is 9.10. The van der Waals surface area contributed by atoms with Crippen LogP contribution in [0.25, 0.3) is 0 Å². The van der Waals surface area contributed by atoms with E-state index in [-0.39, 0.29) is 23.0 Å². The van der Waals surface area contributed by atoms with E-state index in [2.05, 4.69) is 5.32 Å².